The Morgan fingerprint density at radius 2 is 2.05 bits per heavy atom. The molecule has 1 nitrogen and oxygen atoms in total. The van der Waals surface area contributed by atoms with Gasteiger partial charge in [0.25, 0.3) is 0 Å². The third-order valence-corrected chi connectivity index (χ3v) is 4.23. The molecule has 1 atom stereocenters. The van der Waals surface area contributed by atoms with Crippen LogP contribution in [0.2, 0.25) is 0 Å². The fourth-order valence-electron chi connectivity index (χ4n) is 2.30. The summed E-state index contributed by atoms with van der Waals surface area (Å²) in [4.78, 5) is 1.37. The molecule has 0 amide bonds. The van der Waals surface area contributed by atoms with Crippen molar-refractivity contribution in [1.82, 2.24) is 5.32 Å². The van der Waals surface area contributed by atoms with Crippen molar-refractivity contribution in [2.24, 2.45) is 0 Å². The van der Waals surface area contributed by atoms with Crippen LogP contribution >= 0.6 is 11.3 Å². The number of aryl methyl sites for hydroxylation is 1. The lowest BCUT2D eigenvalue weighted by Crippen LogP contribution is -2.21. The summed E-state index contributed by atoms with van der Waals surface area (Å²) in [6, 6.07) is 8.43. The smallest absolute Gasteiger partial charge is 0.159 e. The highest BCUT2D eigenvalue weighted by Crippen LogP contribution is 2.22. The van der Waals surface area contributed by atoms with Gasteiger partial charge in [-0.3, -0.25) is 0 Å². The predicted molar refractivity (Wildman–Crippen MR) is 80.0 cm³/mol. The van der Waals surface area contributed by atoms with Crippen LogP contribution in [0.4, 0.5) is 8.78 Å². The normalized spacial score (nSPS) is 12.6. The predicted octanol–water partition coefficient (Wildman–Crippen LogP) is 4.70. The third-order valence-electron chi connectivity index (χ3n) is 3.29. The van der Waals surface area contributed by atoms with Crippen LogP contribution in [0.3, 0.4) is 0 Å². The molecule has 0 spiro atoms. The zero-order valence-electron chi connectivity index (χ0n) is 11.5. The lowest BCUT2D eigenvalue weighted by molar-refractivity contribution is 0.480. The maximum Gasteiger partial charge on any atom is 0.159 e. The molecule has 0 bridgehead atoms. The fraction of sp³-hybridized carbons (Fsp3) is 0.375. The molecule has 108 valence electrons. The van der Waals surface area contributed by atoms with Crippen molar-refractivity contribution >= 4 is 11.3 Å². The van der Waals surface area contributed by atoms with Gasteiger partial charge in [-0.2, -0.15) is 0 Å². The number of thiophene rings is 1. The third kappa shape index (κ3) is 4.12. The summed E-state index contributed by atoms with van der Waals surface area (Å²) in [5.74, 6) is -1.56. The second-order valence-electron chi connectivity index (χ2n) is 4.76. The van der Waals surface area contributed by atoms with Crippen molar-refractivity contribution < 1.29 is 8.78 Å². The summed E-state index contributed by atoms with van der Waals surface area (Å²) in [5.41, 5.74) is 0.817. The maximum atomic E-state index is 13.3. The second kappa shape index (κ2) is 7.50. The molecule has 0 saturated carbocycles. The molecule has 20 heavy (non-hydrogen) atoms. The Balaban J connectivity index is 1.96. The van der Waals surface area contributed by atoms with E-state index in [2.05, 4.69) is 22.8 Å². The van der Waals surface area contributed by atoms with Gasteiger partial charge in [0.2, 0.25) is 0 Å². The lowest BCUT2D eigenvalue weighted by atomic mass is 10.0. The van der Waals surface area contributed by atoms with Crippen LogP contribution < -0.4 is 5.32 Å². The first-order chi connectivity index (χ1) is 9.70. The average molecular weight is 295 g/mol. The largest absolute Gasteiger partial charge is 0.310 e. The van der Waals surface area contributed by atoms with Gasteiger partial charge in [0, 0.05) is 10.9 Å². The first-order valence-corrected chi connectivity index (χ1v) is 7.79. The molecule has 1 aromatic carbocycles. The van der Waals surface area contributed by atoms with Crippen LogP contribution in [-0.2, 0) is 6.42 Å². The number of halogens is 2. The van der Waals surface area contributed by atoms with Crippen molar-refractivity contribution in [2.75, 3.05) is 6.54 Å². The van der Waals surface area contributed by atoms with Gasteiger partial charge in [-0.15, -0.1) is 11.3 Å². The van der Waals surface area contributed by atoms with E-state index < -0.39 is 11.6 Å². The van der Waals surface area contributed by atoms with Crippen molar-refractivity contribution in [1.29, 1.82) is 0 Å². The van der Waals surface area contributed by atoms with Gasteiger partial charge in [-0.1, -0.05) is 19.1 Å². The molecule has 0 aliphatic heterocycles. The molecule has 1 aromatic heterocycles. The molecule has 0 aliphatic rings. The highest BCUT2D eigenvalue weighted by Gasteiger charge is 2.12. The van der Waals surface area contributed by atoms with Gasteiger partial charge < -0.3 is 5.32 Å². The highest BCUT2D eigenvalue weighted by molar-refractivity contribution is 7.09. The molecule has 2 rings (SSSR count). The quantitative estimate of drug-likeness (QED) is 0.780. The summed E-state index contributed by atoms with van der Waals surface area (Å²) in [7, 11) is 0. The SMILES string of the molecule is CCNC(CCCc1cccs1)c1ccc(F)c(F)c1. The Hall–Kier alpha value is -1.26. The van der Waals surface area contributed by atoms with Crippen molar-refractivity contribution in [3.63, 3.8) is 0 Å². The Morgan fingerprint density at radius 1 is 1.20 bits per heavy atom. The van der Waals surface area contributed by atoms with Crippen LogP contribution in [0.1, 0.15) is 36.2 Å². The van der Waals surface area contributed by atoms with E-state index in [-0.39, 0.29) is 6.04 Å². The van der Waals surface area contributed by atoms with Gasteiger partial charge in [0.1, 0.15) is 0 Å². The number of nitrogens with one attached hydrogen (secondary N) is 1. The van der Waals surface area contributed by atoms with Crippen LogP contribution in [0.15, 0.2) is 35.7 Å². The molecule has 0 fully saturated rings. The van der Waals surface area contributed by atoms with E-state index in [9.17, 15) is 8.78 Å². The van der Waals surface area contributed by atoms with Gasteiger partial charge in [-0.25, -0.2) is 8.78 Å². The Morgan fingerprint density at radius 3 is 2.70 bits per heavy atom. The minimum Gasteiger partial charge on any atom is -0.310 e. The van der Waals surface area contributed by atoms with E-state index in [1.54, 1.807) is 17.4 Å². The zero-order valence-corrected chi connectivity index (χ0v) is 12.4. The van der Waals surface area contributed by atoms with Crippen molar-refractivity contribution in [3.8, 4) is 0 Å². The first kappa shape index (κ1) is 15.1. The summed E-state index contributed by atoms with van der Waals surface area (Å²) < 4.78 is 26.3. The summed E-state index contributed by atoms with van der Waals surface area (Å²) in [6.45, 7) is 2.83. The average Bonchev–Trinajstić information content (AvgIpc) is 2.94. The van der Waals surface area contributed by atoms with E-state index in [0.717, 1.165) is 31.4 Å². The van der Waals surface area contributed by atoms with Gasteiger partial charge in [0.15, 0.2) is 11.6 Å². The van der Waals surface area contributed by atoms with Crippen LogP contribution in [-0.4, -0.2) is 6.54 Å². The molecule has 0 saturated heterocycles. The van der Waals surface area contributed by atoms with E-state index in [1.807, 2.05) is 6.92 Å². The highest BCUT2D eigenvalue weighted by atomic mass is 32.1. The second-order valence-corrected chi connectivity index (χ2v) is 5.79. The molecule has 1 N–H and O–H groups in total. The molecular formula is C16H19F2NS. The molecule has 2 aromatic rings. The summed E-state index contributed by atoms with van der Waals surface area (Å²) in [6.07, 6.45) is 2.97. The number of hydrogen-bond acceptors (Lipinski definition) is 2. The molecule has 0 radical (unpaired) electrons. The van der Waals surface area contributed by atoms with Crippen molar-refractivity contribution in [2.45, 2.75) is 32.2 Å². The molecular weight excluding hydrogens is 276 g/mol. The Labute approximate surface area is 122 Å². The van der Waals surface area contributed by atoms with Gasteiger partial charge in [-0.05, 0) is 54.9 Å². The van der Waals surface area contributed by atoms with E-state index >= 15 is 0 Å². The van der Waals surface area contributed by atoms with Gasteiger partial charge in [0.05, 0.1) is 0 Å². The molecule has 1 heterocycles. The number of hydrogen-bond donors (Lipinski definition) is 1. The van der Waals surface area contributed by atoms with Crippen LogP contribution in [0.25, 0.3) is 0 Å². The summed E-state index contributed by atoms with van der Waals surface area (Å²) in [5, 5.41) is 5.42. The maximum absolute atomic E-state index is 13.3. The topological polar surface area (TPSA) is 12.0 Å². The van der Waals surface area contributed by atoms with Crippen LogP contribution in [0, 0.1) is 11.6 Å². The molecule has 1 unspecified atom stereocenters. The molecule has 4 heteroatoms. The Kier molecular flexibility index (Phi) is 5.68. The Bertz CT molecular complexity index is 525. The van der Waals surface area contributed by atoms with Crippen molar-refractivity contribution in [3.05, 3.63) is 57.8 Å². The van der Waals surface area contributed by atoms with E-state index in [0.29, 0.717) is 0 Å². The summed E-state index contributed by atoms with van der Waals surface area (Å²) >= 11 is 1.76. The monoisotopic (exact) mass is 295 g/mol. The minimum atomic E-state index is -0.789. The number of rotatable bonds is 7. The lowest BCUT2D eigenvalue weighted by Gasteiger charge is -2.18. The standard InChI is InChI=1S/C16H19F2NS/c1-2-19-16(7-3-5-13-6-4-10-20-13)12-8-9-14(17)15(18)11-12/h4,6,8-11,16,19H,2-3,5,7H2,1H3. The van der Waals surface area contributed by atoms with E-state index in [1.165, 1.54) is 17.0 Å². The first-order valence-electron chi connectivity index (χ1n) is 6.91. The van der Waals surface area contributed by atoms with E-state index in [4.69, 9.17) is 0 Å². The fourth-order valence-corrected chi connectivity index (χ4v) is 3.05. The van der Waals surface area contributed by atoms with Gasteiger partial charge >= 0.3 is 0 Å². The van der Waals surface area contributed by atoms with Crippen LogP contribution in [0.5, 0.6) is 0 Å². The number of benzene rings is 1. The minimum absolute atomic E-state index is 0.0788. The zero-order chi connectivity index (χ0) is 14.4. The molecule has 0 aliphatic carbocycles.